The molecule has 0 radical (unpaired) electrons. The lowest BCUT2D eigenvalue weighted by atomic mass is 10.1. The Labute approximate surface area is 93.6 Å². The molecule has 2 aliphatic rings. The second kappa shape index (κ2) is 3.86. The third-order valence-corrected chi connectivity index (χ3v) is 3.49. The molecular weight excluding hydrogens is 206 g/mol. The van der Waals surface area contributed by atoms with Crippen LogP contribution in [0, 0.1) is 0 Å². The zero-order valence-corrected chi connectivity index (χ0v) is 9.09. The van der Waals surface area contributed by atoms with Gasteiger partial charge in [0.15, 0.2) is 0 Å². The van der Waals surface area contributed by atoms with E-state index in [2.05, 4.69) is 20.1 Å². The second-order valence-corrected chi connectivity index (χ2v) is 4.42. The summed E-state index contributed by atoms with van der Waals surface area (Å²) in [7, 11) is 0. The van der Waals surface area contributed by atoms with Crippen LogP contribution in [0.25, 0.3) is 0 Å². The molecule has 1 atom stereocenters. The van der Waals surface area contributed by atoms with Gasteiger partial charge >= 0.3 is 0 Å². The minimum absolute atomic E-state index is 0.0240. The van der Waals surface area contributed by atoms with E-state index in [4.69, 9.17) is 0 Å². The Kier molecular flexibility index (Phi) is 2.36. The monoisotopic (exact) mass is 221 g/mol. The van der Waals surface area contributed by atoms with Crippen LogP contribution < -0.4 is 0 Å². The first-order chi connectivity index (χ1) is 7.84. The Bertz CT molecular complexity index is 377. The normalized spacial score (nSPS) is 25.8. The number of nitrogens with zero attached hydrogens (tertiary/aromatic N) is 4. The largest absolute Gasteiger partial charge is 0.333 e. The maximum atomic E-state index is 12.0. The van der Waals surface area contributed by atoms with E-state index < -0.39 is 0 Å². The average Bonchev–Trinajstić information content (AvgIpc) is 2.98. The van der Waals surface area contributed by atoms with E-state index in [1.165, 1.54) is 25.7 Å². The highest BCUT2D eigenvalue weighted by Crippen LogP contribution is 2.21. The summed E-state index contributed by atoms with van der Waals surface area (Å²) in [6.45, 7) is 3.81. The fourth-order valence-corrected chi connectivity index (χ4v) is 2.63. The SMILES string of the molecule is O=C(c1ncn[nH]1)N1CCN2CCCC2C1. The molecule has 0 spiro atoms. The molecule has 6 heteroatoms. The van der Waals surface area contributed by atoms with E-state index in [1.807, 2.05) is 4.90 Å². The maximum Gasteiger partial charge on any atom is 0.291 e. The van der Waals surface area contributed by atoms with Gasteiger partial charge in [0.25, 0.3) is 5.91 Å². The second-order valence-electron chi connectivity index (χ2n) is 4.42. The first-order valence-corrected chi connectivity index (χ1v) is 5.73. The van der Waals surface area contributed by atoms with E-state index in [0.29, 0.717) is 11.9 Å². The topological polar surface area (TPSA) is 65.1 Å². The first-order valence-electron chi connectivity index (χ1n) is 5.73. The predicted molar refractivity (Wildman–Crippen MR) is 56.9 cm³/mol. The number of carbonyl (C=O) groups excluding carboxylic acids is 1. The van der Waals surface area contributed by atoms with Gasteiger partial charge in [0.2, 0.25) is 5.82 Å². The van der Waals surface area contributed by atoms with Gasteiger partial charge in [-0.3, -0.25) is 14.8 Å². The molecule has 6 nitrogen and oxygen atoms in total. The number of carbonyl (C=O) groups is 1. The van der Waals surface area contributed by atoms with Crippen molar-refractivity contribution in [2.45, 2.75) is 18.9 Å². The summed E-state index contributed by atoms with van der Waals surface area (Å²) in [6.07, 6.45) is 3.84. The Balaban J connectivity index is 1.70. The number of rotatable bonds is 1. The van der Waals surface area contributed by atoms with Gasteiger partial charge in [0.1, 0.15) is 6.33 Å². The molecule has 1 aromatic heterocycles. The van der Waals surface area contributed by atoms with Crippen LogP contribution in [-0.2, 0) is 0 Å². The lowest BCUT2D eigenvalue weighted by molar-refractivity contribution is 0.0560. The first kappa shape index (κ1) is 9.77. The summed E-state index contributed by atoms with van der Waals surface area (Å²) in [6, 6.07) is 0.556. The number of hydrogen-bond acceptors (Lipinski definition) is 4. The van der Waals surface area contributed by atoms with Crippen molar-refractivity contribution in [3.05, 3.63) is 12.2 Å². The minimum atomic E-state index is -0.0240. The third kappa shape index (κ3) is 1.59. The van der Waals surface area contributed by atoms with Crippen LogP contribution in [0.5, 0.6) is 0 Å². The number of H-pyrrole nitrogens is 1. The zero-order valence-electron chi connectivity index (χ0n) is 9.09. The quantitative estimate of drug-likeness (QED) is 0.708. The Morgan fingerprint density at radius 3 is 3.19 bits per heavy atom. The number of aromatic amines is 1. The standard InChI is InChI=1S/C10H15N5O/c16-10(9-11-7-12-13-9)15-5-4-14-3-1-2-8(14)6-15/h7-8H,1-6H2,(H,11,12,13). The molecule has 1 N–H and O–H groups in total. The molecule has 1 unspecified atom stereocenters. The van der Waals surface area contributed by atoms with Crippen molar-refractivity contribution in [3.63, 3.8) is 0 Å². The molecule has 16 heavy (non-hydrogen) atoms. The van der Waals surface area contributed by atoms with Gasteiger partial charge < -0.3 is 4.90 Å². The van der Waals surface area contributed by atoms with Gasteiger partial charge in [0, 0.05) is 25.7 Å². The Hall–Kier alpha value is -1.43. The van der Waals surface area contributed by atoms with Gasteiger partial charge in [-0.1, -0.05) is 0 Å². The van der Waals surface area contributed by atoms with Crippen LogP contribution in [0.4, 0.5) is 0 Å². The Morgan fingerprint density at radius 1 is 1.44 bits per heavy atom. The van der Waals surface area contributed by atoms with E-state index >= 15 is 0 Å². The Morgan fingerprint density at radius 2 is 2.38 bits per heavy atom. The molecule has 3 heterocycles. The molecule has 3 rings (SSSR count). The van der Waals surface area contributed by atoms with Crippen molar-refractivity contribution in [2.75, 3.05) is 26.2 Å². The molecule has 86 valence electrons. The van der Waals surface area contributed by atoms with Crippen LogP contribution in [0.2, 0.25) is 0 Å². The van der Waals surface area contributed by atoms with Crippen molar-refractivity contribution in [3.8, 4) is 0 Å². The van der Waals surface area contributed by atoms with Crippen molar-refractivity contribution in [1.82, 2.24) is 25.0 Å². The van der Waals surface area contributed by atoms with E-state index in [0.717, 1.165) is 19.6 Å². The van der Waals surface area contributed by atoms with Crippen LogP contribution in [0.3, 0.4) is 0 Å². The minimum Gasteiger partial charge on any atom is -0.333 e. The summed E-state index contributed by atoms with van der Waals surface area (Å²) >= 11 is 0. The number of amides is 1. The highest BCUT2D eigenvalue weighted by Gasteiger charge is 2.33. The summed E-state index contributed by atoms with van der Waals surface area (Å²) in [4.78, 5) is 20.3. The van der Waals surface area contributed by atoms with Crippen LogP contribution in [0.1, 0.15) is 23.5 Å². The molecule has 1 aromatic rings. The third-order valence-electron chi connectivity index (χ3n) is 3.49. The molecule has 2 fully saturated rings. The smallest absolute Gasteiger partial charge is 0.291 e. The zero-order chi connectivity index (χ0) is 11.0. The molecule has 0 saturated carbocycles. The van der Waals surface area contributed by atoms with E-state index in [1.54, 1.807) is 0 Å². The highest BCUT2D eigenvalue weighted by molar-refractivity contribution is 5.90. The van der Waals surface area contributed by atoms with Gasteiger partial charge in [-0.25, -0.2) is 4.98 Å². The maximum absolute atomic E-state index is 12.0. The molecule has 0 aliphatic carbocycles. The lowest BCUT2D eigenvalue weighted by Crippen LogP contribution is -2.52. The van der Waals surface area contributed by atoms with Gasteiger partial charge in [-0.05, 0) is 19.4 Å². The fraction of sp³-hybridized carbons (Fsp3) is 0.700. The van der Waals surface area contributed by atoms with E-state index in [-0.39, 0.29) is 5.91 Å². The molecule has 0 aromatic carbocycles. The summed E-state index contributed by atoms with van der Waals surface area (Å²) in [5.41, 5.74) is 0. The predicted octanol–water partition coefficient (Wildman–Crippen LogP) is -0.275. The number of aromatic nitrogens is 3. The van der Waals surface area contributed by atoms with Crippen LogP contribution >= 0.6 is 0 Å². The van der Waals surface area contributed by atoms with E-state index in [9.17, 15) is 4.79 Å². The lowest BCUT2D eigenvalue weighted by Gasteiger charge is -2.36. The molecular formula is C10H15N5O. The number of hydrogen-bond donors (Lipinski definition) is 1. The van der Waals surface area contributed by atoms with Crippen molar-refractivity contribution < 1.29 is 4.79 Å². The highest BCUT2D eigenvalue weighted by atomic mass is 16.2. The van der Waals surface area contributed by atoms with Gasteiger partial charge in [-0.15, -0.1) is 0 Å². The van der Waals surface area contributed by atoms with Crippen molar-refractivity contribution in [1.29, 1.82) is 0 Å². The average molecular weight is 221 g/mol. The molecule has 2 aliphatic heterocycles. The van der Waals surface area contributed by atoms with Crippen molar-refractivity contribution >= 4 is 5.91 Å². The molecule has 1 amide bonds. The fourth-order valence-electron chi connectivity index (χ4n) is 2.63. The van der Waals surface area contributed by atoms with Gasteiger partial charge in [-0.2, -0.15) is 5.10 Å². The van der Waals surface area contributed by atoms with Crippen LogP contribution in [0.15, 0.2) is 6.33 Å². The number of fused-ring (bicyclic) bond motifs is 1. The van der Waals surface area contributed by atoms with Crippen LogP contribution in [-0.4, -0.2) is 63.1 Å². The number of nitrogens with one attached hydrogen (secondary N) is 1. The summed E-state index contributed by atoms with van der Waals surface area (Å²) in [5, 5.41) is 6.34. The molecule has 0 bridgehead atoms. The van der Waals surface area contributed by atoms with Gasteiger partial charge in [0.05, 0.1) is 0 Å². The van der Waals surface area contributed by atoms with Crippen molar-refractivity contribution in [2.24, 2.45) is 0 Å². The molecule has 2 saturated heterocycles. The number of piperazine rings is 1. The summed E-state index contributed by atoms with van der Waals surface area (Å²) < 4.78 is 0. The summed E-state index contributed by atoms with van der Waals surface area (Å²) in [5.74, 6) is 0.329.